The zero-order chi connectivity index (χ0) is 32.0. The van der Waals surface area contributed by atoms with E-state index in [1.165, 1.54) is 18.4 Å². The molecule has 0 amide bonds. The minimum absolute atomic E-state index is 0.289. The van der Waals surface area contributed by atoms with Crippen LogP contribution in [0.2, 0.25) is 0 Å². The minimum Gasteiger partial charge on any atom is -0.456 e. The highest BCUT2D eigenvalue weighted by atomic mass is 32.1. The molecule has 0 radical (unpaired) electrons. The van der Waals surface area contributed by atoms with Crippen LogP contribution in [-0.2, 0) is 22.7 Å². The third-order valence-corrected chi connectivity index (χ3v) is 13.5. The number of furan rings is 1. The molecule has 2 aromatic heterocycles. The summed E-state index contributed by atoms with van der Waals surface area (Å²) in [7, 11) is -5.98. The number of rotatable bonds is 15. The van der Waals surface area contributed by atoms with E-state index in [4.69, 9.17) is 18.0 Å². The van der Waals surface area contributed by atoms with Gasteiger partial charge in [0.05, 0.1) is 24.2 Å². The van der Waals surface area contributed by atoms with Gasteiger partial charge in [-0.25, -0.2) is 0 Å². The number of aryl methyl sites for hydroxylation is 2. The number of thiophene rings is 1. The van der Waals surface area contributed by atoms with E-state index in [1.807, 2.05) is 92.7 Å². The molecule has 10 heteroatoms. The Morgan fingerprint density at radius 1 is 0.822 bits per heavy atom. The average molecular weight is 666 g/mol. The molecule has 1 N–H and O–H groups in total. The Morgan fingerprint density at radius 2 is 1.49 bits per heavy atom. The lowest BCUT2D eigenvalue weighted by atomic mass is 10.1. The normalized spacial score (nSPS) is 13.3. The lowest BCUT2D eigenvalue weighted by Gasteiger charge is -2.23. The van der Waals surface area contributed by atoms with Gasteiger partial charge in [-0.15, -0.1) is 11.3 Å². The van der Waals surface area contributed by atoms with Gasteiger partial charge >= 0.3 is 15.1 Å². The molecule has 0 aliphatic carbocycles. The molecule has 0 aliphatic rings. The summed E-state index contributed by atoms with van der Waals surface area (Å²) in [6.07, 6.45) is 3.26. The number of para-hydroxylation sites is 1. The standard InChI is InChI=1S/C35H41NO6P2S/c1-6-8-20-40-44(38,41-21-9-7-2)35-30(36-43(37,39-5)33-19-14-25(3)22-26(33)4)24-34(45-35)28-17-15-27(16-18-28)32-23-29-12-10-11-13-31(29)42-32/h10-19,22-24H,6-9,20-21H2,1-5H3,(H,36,37). The molecule has 0 saturated heterocycles. The van der Waals surface area contributed by atoms with Crippen LogP contribution in [0.4, 0.5) is 5.69 Å². The predicted molar refractivity (Wildman–Crippen MR) is 188 cm³/mol. The second kappa shape index (κ2) is 14.6. The molecule has 0 fully saturated rings. The summed E-state index contributed by atoms with van der Waals surface area (Å²) in [5, 5.41) is 4.77. The number of hydrogen-bond donors (Lipinski definition) is 1. The Bertz CT molecular complexity index is 1800. The number of nitrogens with one attached hydrogen (secondary N) is 1. The van der Waals surface area contributed by atoms with E-state index in [0.717, 1.165) is 69.5 Å². The van der Waals surface area contributed by atoms with Crippen LogP contribution >= 0.6 is 26.5 Å². The zero-order valence-electron chi connectivity index (χ0n) is 26.5. The fourth-order valence-corrected chi connectivity index (χ4v) is 10.3. The highest BCUT2D eigenvalue weighted by Crippen LogP contribution is 2.55. The first-order chi connectivity index (χ1) is 21.7. The maximum atomic E-state index is 14.6. The molecule has 1 atom stereocenters. The number of fused-ring (bicyclic) bond motifs is 1. The molecule has 1 unspecified atom stereocenters. The first-order valence-corrected chi connectivity index (χ1v) is 19.3. The SMILES string of the molecule is CCCCOP(=O)(OCCCC)c1sc(-c2ccc(-c3cc4ccccc4o3)cc2)cc1NP(=O)(OC)c1ccc(C)cc1C. The van der Waals surface area contributed by atoms with E-state index >= 15 is 0 Å². The van der Waals surface area contributed by atoms with E-state index in [1.54, 1.807) is 0 Å². The Hall–Kier alpha value is -2.96. The molecule has 5 aromatic rings. The number of hydrogen-bond acceptors (Lipinski definition) is 7. The molecule has 238 valence electrons. The second-order valence-corrected chi connectivity index (χ2v) is 16.5. The van der Waals surface area contributed by atoms with E-state index in [-0.39, 0.29) is 13.2 Å². The van der Waals surface area contributed by atoms with Crippen molar-refractivity contribution in [2.45, 2.75) is 53.4 Å². The average Bonchev–Trinajstić information content (AvgIpc) is 3.66. The van der Waals surface area contributed by atoms with Crippen molar-refractivity contribution in [3.8, 4) is 21.8 Å². The van der Waals surface area contributed by atoms with Crippen molar-refractivity contribution in [3.63, 3.8) is 0 Å². The van der Waals surface area contributed by atoms with E-state index in [0.29, 0.717) is 15.6 Å². The monoisotopic (exact) mass is 665 g/mol. The lowest BCUT2D eigenvalue weighted by molar-refractivity contribution is 0.209. The summed E-state index contributed by atoms with van der Waals surface area (Å²) in [4.78, 5) is 0.824. The molecule has 0 saturated carbocycles. The van der Waals surface area contributed by atoms with E-state index in [2.05, 4.69) is 18.9 Å². The summed E-state index contributed by atoms with van der Waals surface area (Å²) in [5.74, 6) is 0.782. The van der Waals surface area contributed by atoms with Gasteiger partial charge in [-0.05, 0) is 62.1 Å². The van der Waals surface area contributed by atoms with Gasteiger partial charge in [-0.3, -0.25) is 9.13 Å². The topological polar surface area (TPSA) is 87.0 Å². The van der Waals surface area contributed by atoms with Crippen LogP contribution in [0.5, 0.6) is 0 Å². The minimum atomic E-state index is -3.79. The third-order valence-electron chi connectivity index (χ3n) is 7.55. The van der Waals surface area contributed by atoms with Crippen molar-refractivity contribution in [3.05, 3.63) is 90.0 Å². The van der Waals surface area contributed by atoms with Crippen LogP contribution in [-0.4, -0.2) is 20.3 Å². The van der Waals surface area contributed by atoms with Gasteiger partial charge in [-0.1, -0.05) is 86.8 Å². The van der Waals surface area contributed by atoms with E-state index < -0.39 is 15.1 Å². The van der Waals surface area contributed by atoms with Crippen LogP contribution in [0.25, 0.3) is 32.7 Å². The first kappa shape index (κ1) is 33.4. The van der Waals surface area contributed by atoms with E-state index in [9.17, 15) is 9.13 Å². The fraction of sp³-hybridized carbons (Fsp3) is 0.314. The number of benzene rings is 3. The molecule has 2 heterocycles. The maximum absolute atomic E-state index is 14.6. The van der Waals surface area contributed by atoms with Crippen molar-refractivity contribution in [2.75, 3.05) is 25.4 Å². The van der Waals surface area contributed by atoms with Crippen LogP contribution in [0, 0.1) is 13.8 Å². The predicted octanol–water partition coefficient (Wildman–Crippen LogP) is 10.5. The fourth-order valence-electron chi connectivity index (χ4n) is 5.04. The van der Waals surface area contributed by atoms with Crippen LogP contribution < -0.4 is 15.0 Å². The van der Waals surface area contributed by atoms with Gasteiger partial charge < -0.3 is 23.1 Å². The van der Waals surface area contributed by atoms with Gasteiger partial charge in [0.25, 0.3) is 0 Å². The highest BCUT2D eigenvalue weighted by Gasteiger charge is 2.37. The van der Waals surface area contributed by atoms with Crippen molar-refractivity contribution < 1.29 is 27.1 Å². The van der Waals surface area contributed by atoms with Gasteiger partial charge in [0.2, 0.25) is 0 Å². The quantitative estimate of drug-likeness (QED) is 0.0879. The highest BCUT2D eigenvalue weighted by molar-refractivity contribution is 7.71. The number of anilines is 1. The summed E-state index contributed by atoms with van der Waals surface area (Å²) >= 11 is 1.32. The Labute approximate surface area is 270 Å². The molecule has 45 heavy (non-hydrogen) atoms. The zero-order valence-corrected chi connectivity index (χ0v) is 29.1. The number of unbranched alkanes of at least 4 members (excludes halogenated alkanes) is 2. The molecular formula is C35H41NO6P2S. The van der Waals surface area contributed by atoms with Gasteiger partial charge in [0.1, 0.15) is 16.0 Å². The second-order valence-electron chi connectivity index (χ2n) is 11.1. The van der Waals surface area contributed by atoms with Crippen molar-refractivity contribution >= 4 is 53.0 Å². The summed E-state index contributed by atoms with van der Waals surface area (Å²) in [5.41, 5.74) is 5.00. The molecule has 0 bridgehead atoms. The van der Waals surface area contributed by atoms with Crippen molar-refractivity contribution in [2.24, 2.45) is 0 Å². The lowest BCUT2D eigenvalue weighted by Crippen LogP contribution is -2.19. The Kier molecular flexibility index (Phi) is 10.9. The molecule has 3 aromatic carbocycles. The van der Waals surface area contributed by atoms with Gasteiger partial charge in [-0.2, -0.15) is 0 Å². The summed E-state index contributed by atoms with van der Waals surface area (Å²) < 4.78 is 53.2. The largest absolute Gasteiger partial charge is 0.456 e. The Balaban J connectivity index is 1.56. The van der Waals surface area contributed by atoms with Gasteiger partial charge in [0.15, 0.2) is 0 Å². The van der Waals surface area contributed by atoms with Crippen LogP contribution in [0.15, 0.2) is 83.3 Å². The van der Waals surface area contributed by atoms with Crippen LogP contribution in [0.3, 0.4) is 0 Å². The van der Waals surface area contributed by atoms with Crippen LogP contribution in [0.1, 0.15) is 50.7 Å². The molecular weight excluding hydrogens is 624 g/mol. The van der Waals surface area contributed by atoms with Crippen molar-refractivity contribution in [1.82, 2.24) is 0 Å². The maximum Gasteiger partial charge on any atom is 0.373 e. The summed E-state index contributed by atoms with van der Waals surface area (Å²) in [6, 6.07) is 25.5. The Morgan fingerprint density at radius 3 is 2.11 bits per heavy atom. The smallest absolute Gasteiger partial charge is 0.373 e. The van der Waals surface area contributed by atoms with Crippen molar-refractivity contribution in [1.29, 1.82) is 0 Å². The molecule has 0 aliphatic heterocycles. The molecule has 7 nitrogen and oxygen atoms in total. The first-order valence-electron chi connectivity index (χ1n) is 15.3. The molecule has 0 spiro atoms. The van der Waals surface area contributed by atoms with Gasteiger partial charge in [0, 0.05) is 22.9 Å². The third kappa shape index (κ3) is 7.55. The molecule has 5 rings (SSSR count). The summed E-state index contributed by atoms with van der Waals surface area (Å²) in [6.45, 7) is 8.58.